The number of hydrogen-bond acceptors (Lipinski definition) is 7. The maximum atomic E-state index is 8.99. The lowest BCUT2D eigenvalue weighted by Crippen LogP contribution is -2.03. The molecular formula is C18H13N7O. The predicted molar refractivity (Wildman–Crippen MR) is 93.1 cm³/mol. The average molecular weight is 343 g/mol. The van der Waals surface area contributed by atoms with Gasteiger partial charge in [-0.2, -0.15) is 10.2 Å². The lowest BCUT2D eigenvalue weighted by atomic mass is 10.2. The fraction of sp³-hybridized carbons (Fsp3) is 0.111. The Balaban J connectivity index is 1.65. The van der Waals surface area contributed by atoms with Crippen LogP contribution in [-0.4, -0.2) is 36.5 Å². The predicted octanol–water partition coefficient (Wildman–Crippen LogP) is 2.30. The van der Waals surface area contributed by atoms with Crippen molar-refractivity contribution >= 4 is 11.0 Å². The van der Waals surface area contributed by atoms with Crippen molar-refractivity contribution in [2.24, 2.45) is 0 Å². The molecule has 3 aromatic heterocycles. The van der Waals surface area contributed by atoms with Gasteiger partial charge in [0.15, 0.2) is 5.82 Å². The largest absolute Gasteiger partial charge is 0.477 e. The molecule has 0 amide bonds. The summed E-state index contributed by atoms with van der Waals surface area (Å²) >= 11 is 0. The maximum Gasteiger partial charge on any atom is 0.235 e. The summed E-state index contributed by atoms with van der Waals surface area (Å²) in [6.45, 7) is 0.474. The fourth-order valence-corrected chi connectivity index (χ4v) is 2.61. The number of fused-ring (bicyclic) bond motifs is 1. The average Bonchev–Trinajstić information content (AvgIpc) is 3.14. The van der Waals surface area contributed by atoms with Gasteiger partial charge < -0.3 is 9.72 Å². The number of nitrogens with one attached hydrogen (secondary N) is 1. The summed E-state index contributed by atoms with van der Waals surface area (Å²) in [5.41, 5.74) is 2.46. The van der Waals surface area contributed by atoms with E-state index in [1.54, 1.807) is 6.20 Å². The van der Waals surface area contributed by atoms with E-state index < -0.39 is 0 Å². The Labute approximate surface area is 148 Å². The molecule has 0 atom stereocenters. The standard InChI is InChI=1S/C18H13N7O/c19-8-14-21-10-22-16(25-14)13-9-20-17-15(13)18(24-11-23-17)26-7-6-12-4-2-1-3-5-12/h1-5,9-11H,6-7H2,(H,20,23,24). The van der Waals surface area contributed by atoms with E-state index in [2.05, 4.69) is 42.0 Å². The van der Waals surface area contributed by atoms with Crippen LogP contribution in [-0.2, 0) is 6.42 Å². The van der Waals surface area contributed by atoms with Crippen LogP contribution in [0.2, 0.25) is 0 Å². The number of hydrogen-bond donors (Lipinski definition) is 1. The van der Waals surface area contributed by atoms with Gasteiger partial charge in [-0.3, -0.25) is 0 Å². The minimum absolute atomic E-state index is 0.0488. The molecule has 0 unspecified atom stereocenters. The van der Waals surface area contributed by atoms with Gasteiger partial charge >= 0.3 is 0 Å². The molecule has 126 valence electrons. The number of aromatic nitrogens is 6. The highest BCUT2D eigenvalue weighted by atomic mass is 16.5. The molecule has 0 saturated heterocycles. The highest BCUT2D eigenvalue weighted by Crippen LogP contribution is 2.31. The van der Waals surface area contributed by atoms with E-state index in [1.807, 2.05) is 24.3 Å². The van der Waals surface area contributed by atoms with Crippen molar-refractivity contribution in [2.45, 2.75) is 6.42 Å². The van der Waals surface area contributed by atoms with Crippen LogP contribution in [0.3, 0.4) is 0 Å². The van der Waals surface area contributed by atoms with E-state index in [-0.39, 0.29) is 5.82 Å². The van der Waals surface area contributed by atoms with E-state index in [4.69, 9.17) is 10.00 Å². The van der Waals surface area contributed by atoms with Crippen molar-refractivity contribution < 1.29 is 4.74 Å². The van der Waals surface area contributed by atoms with Crippen molar-refractivity contribution in [2.75, 3.05) is 6.61 Å². The maximum absolute atomic E-state index is 8.99. The SMILES string of the molecule is N#Cc1ncnc(-c2c[nH]c3ncnc(OCCc4ccccc4)c23)n1. The second-order valence-corrected chi connectivity index (χ2v) is 5.43. The molecule has 4 rings (SSSR count). The molecule has 26 heavy (non-hydrogen) atoms. The number of ether oxygens (including phenoxy) is 1. The summed E-state index contributed by atoms with van der Waals surface area (Å²) in [6, 6.07) is 12.0. The monoisotopic (exact) mass is 343 g/mol. The topological polar surface area (TPSA) is 113 Å². The molecule has 0 saturated carbocycles. The van der Waals surface area contributed by atoms with Crippen molar-refractivity contribution in [3.63, 3.8) is 0 Å². The van der Waals surface area contributed by atoms with Crippen LogP contribution in [0.1, 0.15) is 11.4 Å². The van der Waals surface area contributed by atoms with Gasteiger partial charge in [0.05, 0.1) is 17.6 Å². The molecule has 8 nitrogen and oxygen atoms in total. The van der Waals surface area contributed by atoms with Crippen LogP contribution in [0.15, 0.2) is 49.2 Å². The third kappa shape index (κ3) is 3.06. The number of benzene rings is 1. The van der Waals surface area contributed by atoms with E-state index in [0.29, 0.717) is 34.9 Å². The van der Waals surface area contributed by atoms with Gasteiger partial charge in [-0.15, -0.1) is 0 Å². The molecule has 3 heterocycles. The first-order valence-electron chi connectivity index (χ1n) is 7.93. The highest BCUT2D eigenvalue weighted by molar-refractivity contribution is 5.95. The zero-order valence-corrected chi connectivity index (χ0v) is 13.6. The third-order valence-electron chi connectivity index (χ3n) is 3.82. The van der Waals surface area contributed by atoms with Crippen LogP contribution in [0, 0.1) is 11.3 Å². The fourth-order valence-electron chi connectivity index (χ4n) is 2.61. The first-order valence-corrected chi connectivity index (χ1v) is 7.93. The molecule has 1 aromatic carbocycles. The summed E-state index contributed by atoms with van der Waals surface area (Å²) in [4.78, 5) is 23.6. The second-order valence-electron chi connectivity index (χ2n) is 5.43. The molecule has 0 spiro atoms. The van der Waals surface area contributed by atoms with Crippen molar-refractivity contribution in [3.05, 3.63) is 60.6 Å². The van der Waals surface area contributed by atoms with Crippen molar-refractivity contribution in [1.29, 1.82) is 5.26 Å². The summed E-state index contributed by atoms with van der Waals surface area (Å²) in [6.07, 6.45) is 5.23. The highest BCUT2D eigenvalue weighted by Gasteiger charge is 2.16. The summed E-state index contributed by atoms with van der Waals surface area (Å²) in [7, 11) is 0. The lowest BCUT2D eigenvalue weighted by molar-refractivity contribution is 0.313. The Kier molecular flexibility index (Phi) is 4.18. The van der Waals surface area contributed by atoms with Crippen LogP contribution in [0.4, 0.5) is 0 Å². The minimum Gasteiger partial charge on any atom is -0.477 e. The van der Waals surface area contributed by atoms with Crippen molar-refractivity contribution in [3.8, 4) is 23.3 Å². The van der Waals surface area contributed by atoms with Gasteiger partial charge in [0, 0.05) is 12.6 Å². The Morgan fingerprint density at radius 2 is 1.88 bits per heavy atom. The Hall–Kier alpha value is -3.86. The summed E-state index contributed by atoms with van der Waals surface area (Å²) < 4.78 is 5.89. The quantitative estimate of drug-likeness (QED) is 0.591. The van der Waals surface area contributed by atoms with Gasteiger partial charge in [0.1, 0.15) is 24.4 Å². The van der Waals surface area contributed by atoms with Gasteiger partial charge in [-0.05, 0) is 5.56 Å². The van der Waals surface area contributed by atoms with E-state index in [9.17, 15) is 0 Å². The molecule has 0 aliphatic heterocycles. The molecule has 0 bridgehead atoms. The molecule has 0 aliphatic carbocycles. The number of aromatic amines is 1. The van der Waals surface area contributed by atoms with Crippen molar-refractivity contribution in [1.82, 2.24) is 29.9 Å². The van der Waals surface area contributed by atoms with Gasteiger partial charge in [-0.25, -0.2) is 19.9 Å². The molecule has 4 aromatic rings. The first-order chi connectivity index (χ1) is 12.8. The zero-order chi connectivity index (χ0) is 17.8. The second kappa shape index (κ2) is 6.94. The van der Waals surface area contributed by atoms with E-state index in [1.165, 1.54) is 18.2 Å². The first kappa shape index (κ1) is 15.7. The van der Waals surface area contributed by atoms with Crippen LogP contribution < -0.4 is 4.74 Å². The molecule has 0 aliphatic rings. The minimum atomic E-state index is 0.0488. The Morgan fingerprint density at radius 1 is 1.04 bits per heavy atom. The van der Waals surface area contributed by atoms with Gasteiger partial charge in [0.25, 0.3) is 0 Å². The molecular weight excluding hydrogens is 330 g/mol. The Morgan fingerprint density at radius 3 is 2.73 bits per heavy atom. The van der Waals surface area contributed by atoms with E-state index >= 15 is 0 Å². The molecule has 0 fully saturated rings. The number of H-pyrrole nitrogens is 1. The smallest absolute Gasteiger partial charge is 0.235 e. The van der Waals surface area contributed by atoms with E-state index in [0.717, 1.165) is 6.42 Å². The lowest BCUT2D eigenvalue weighted by Gasteiger charge is -2.07. The normalized spacial score (nSPS) is 10.6. The van der Waals surface area contributed by atoms with Gasteiger partial charge in [-0.1, -0.05) is 30.3 Å². The third-order valence-corrected chi connectivity index (χ3v) is 3.82. The van der Waals surface area contributed by atoms with Crippen LogP contribution >= 0.6 is 0 Å². The molecule has 8 heteroatoms. The number of rotatable bonds is 5. The number of nitrogens with zero attached hydrogens (tertiary/aromatic N) is 6. The molecule has 0 radical (unpaired) electrons. The summed E-state index contributed by atoms with van der Waals surface area (Å²) in [5, 5.41) is 9.67. The Bertz CT molecular complexity index is 1090. The zero-order valence-electron chi connectivity index (χ0n) is 13.6. The van der Waals surface area contributed by atoms with Crippen LogP contribution in [0.5, 0.6) is 5.88 Å². The van der Waals surface area contributed by atoms with Crippen LogP contribution in [0.25, 0.3) is 22.4 Å². The van der Waals surface area contributed by atoms with Gasteiger partial charge in [0.2, 0.25) is 11.7 Å². The number of nitriles is 1. The summed E-state index contributed by atoms with van der Waals surface area (Å²) in [5.74, 6) is 0.861. The molecule has 1 N–H and O–H groups in total.